The van der Waals surface area contributed by atoms with E-state index in [0.29, 0.717) is 18.5 Å². The molecule has 138 valence electrons. The summed E-state index contributed by atoms with van der Waals surface area (Å²) in [4.78, 5) is 37.0. The minimum atomic E-state index is -0.587. The number of nitrogens with zero attached hydrogens (tertiary/aromatic N) is 2. The fourth-order valence-corrected chi connectivity index (χ4v) is 3.12. The number of carbonyl (C=O) groups excluding carboxylic acids is 2. The van der Waals surface area contributed by atoms with Gasteiger partial charge >= 0.3 is 0 Å². The van der Waals surface area contributed by atoms with E-state index < -0.39 is 11.0 Å². The van der Waals surface area contributed by atoms with Crippen LogP contribution < -0.4 is 10.2 Å². The number of nitro benzene ring substituents is 1. The predicted octanol–water partition coefficient (Wildman–Crippen LogP) is 2.70. The fourth-order valence-electron chi connectivity index (χ4n) is 3.12. The number of hydrogen-bond acceptors (Lipinski definition) is 4. The Morgan fingerprint density at radius 1 is 1.22 bits per heavy atom. The van der Waals surface area contributed by atoms with E-state index in [-0.39, 0.29) is 17.5 Å². The number of amides is 2. The van der Waals surface area contributed by atoms with Crippen LogP contribution in [0.15, 0.2) is 54.6 Å². The molecule has 2 amide bonds. The molecule has 0 radical (unpaired) electrons. The van der Waals surface area contributed by atoms with Crippen molar-refractivity contribution in [1.82, 2.24) is 5.32 Å². The maximum Gasteiger partial charge on any atom is 0.269 e. The lowest BCUT2D eigenvalue weighted by Crippen LogP contribution is -2.47. The summed E-state index contributed by atoms with van der Waals surface area (Å²) < 4.78 is 0. The van der Waals surface area contributed by atoms with Crippen molar-refractivity contribution in [2.75, 3.05) is 11.4 Å². The monoisotopic (exact) mass is 365 g/mol. The molecule has 7 heteroatoms. The van der Waals surface area contributed by atoms with Gasteiger partial charge in [-0.15, -0.1) is 0 Å². The van der Waals surface area contributed by atoms with Gasteiger partial charge in [0.15, 0.2) is 0 Å². The molecule has 7 nitrogen and oxygen atoms in total. The summed E-state index contributed by atoms with van der Waals surface area (Å²) in [6.07, 6.45) is 3.44. The van der Waals surface area contributed by atoms with Crippen molar-refractivity contribution in [3.05, 3.63) is 75.8 Å². The SMILES string of the molecule is CCNC(=O)C1Cc2ccccc2N1C(=O)C=Cc1ccc([N+](=O)[O-])cc1. The molecule has 1 heterocycles. The minimum Gasteiger partial charge on any atom is -0.355 e. The standard InChI is InChI=1S/C20H19N3O4/c1-2-21-20(25)18-13-15-5-3-4-6-17(15)22(18)19(24)12-9-14-7-10-16(11-8-14)23(26)27/h3-12,18H,2,13H2,1H3,(H,21,25). The molecule has 2 aromatic carbocycles. The summed E-state index contributed by atoms with van der Waals surface area (Å²) in [5.41, 5.74) is 2.33. The van der Waals surface area contributed by atoms with Crippen LogP contribution in [0.2, 0.25) is 0 Å². The average Bonchev–Trinajstić information content (AvgIpc) is 3.06. The molecule has 2 aromatic rings. The van der Waals surface area contributed by atoms with E-state index in [1.807, 2.05) is 31.2 Å². The van der Waals surface area contributed by atoms with Crippen LogP contribution in [0.3, 0.4) is 0 Å². The molecule has 1 aliphatic heterocycles. The zero-order chi connectivity index (χ0) is 19.4. The molecule has 1 unspecified atom stereocenters. The number of likely N-dealkylation sites (N-methyl/N-ethyl adjacent to an activating group) is 1. The van der Waals surface area contributed by atoms with Crippen molar-refractivity contribution in [2.45, 2.75) is 19.4 Å². The first-order valence-electron chi connectivity index (χ1n) is 8.62. The van der Waals surface area contributed by atoms with Crippen LogP contribution in [0.5, 0.6) is 0 Å². The summed E-state index contributed by atoms with van der Waals surface area (Å²) in [7, 11) is 0. The largest absolute Gasteiger partial charge is 0.355 e. The maximum atomic E-state index is 12.8. The molecule has 0 bridgehead atoms. The first-order chi connectivity index (χ1) is 13.0. The highest BCUT2D eigenvalue weighted by Gasteiger charge is 2.37. The molecule has 0 aliphatic carbocycles. The van der Waals surface area contributed by atoms with Crippen molar-refractivity contribution in [3.8, 4) is 0 Å². The van der Waals surface area contributed by atoms with E-state index in [4.69, 9.17) is 0 Å². The molecule has 1 atom stereocenters. The normalized spacial score (nSPS) is 15.6. The predicted molar refractivity (Wildman–Crippen MR) is 102 cm³/mol. The zero-order valence-corrected chi connectivity index (χ0v) is 14.8. The van der Waals surface area contributed by atoms with Gasteiger partial charge in [0, 0.05) is 36.9 Å². The Bertz CT molecular complexity index is 906. The molecule has 0 spiro atoms. The van der Waals surface area contributed by atoms with Gasteiger partial charge in [0.05, 0.1) is 4.92 Å². The fraction of sp³-hybridized carbons (Fsp3) is 0.200. The number of para-hydroxylation sites is 1. The Morgan fingerprint density at radius 3 is 2.59 bits per heavy atom. The van der Waals surface area contributed by atoms with E-state index >= 15 is 0 Å². The second-order valence-electron chi connectivity index (χ2n) is 6.13. The Morgan fingerprint density at radius 2 is 1.93 bits per heavy atom. The molecule has 3 rings (SSSR count). The quantitative estimate of drug-likeness (QED) is 0.501. The van der Waals surface area contributed by atoms with Crippen LogP contribution >= 0.6 is 0 Å². The third-order valence-electron chi connectivity index (χ3n) is 4.39. The van der Waals surface area contributed by atoms with E-state index in [1.165, 1.54) is 23.1 Å². The highest BCUT2D eigenvalue weighted by atomic mass is 16.6. The number of nitrogens with one attached hydrogen (secondary N) is 1. The molecular weight excluding hydrogens is 346 g/mol. The Labute approximate surface area is 156 Å². The molecule has 1 N–H and O–H groups in total. The molecule has 27 heavy (non-hydrogen) atoms. The van der Waals surface area contributed by atoms with Crippen LogP contribution in [0.25, 0.3) is 6.08 Å². The summed E-state index contributed by atoms with van der Waals surface area (Å²) in [6, 6.07) is 12.8. The number of fused-ring (bicyclic) bond motifs is 1. The van der Waals surface area contributed by atoms with Gasteiger partial charge in [-0.1, -0.05) is 18.2 Å². The van der Waals surface area contributed by atoms with Gasteiger partial charge in [-0.25, -0.2) is 0 Å². The first kappa shape index (κ1) is 18.3. The summed E-state index contributed by atoms with van der Waals surface area (Å²) in [5.74, 6) is -0.500. The van der Waals surface area contributed by atoms with Crippen LogP contribution in [0, 0.1) is 10.1 Å². The Balaban J connectivity index is 1.83. The number of anilines is 1. The van der Waals surface area contributed by atoms with Gasteiger partial charge in [0.2, 0.25) is 5.91 Å². The second kappa shape index (κ2) is 7.82. The molecule has 0 saturated carbocycles. The number of hydrogen-bond donors (Lipinski definition) is 1. The Hall–Kier alpha value is -3.48. The molecule has 0 saturated heterocycles. The van der Waals surface area contributed by atoms with Crippen molar-refractivity contribution in [2.24, 2.45) is 0 Å². The molecule has 0 aromatic heterocycles. The lowest BCUT2D eigenvalue weighted by Gasteiger charge is -2.23. The lowest BCUT2D eigenvalue weighted by molar-refractivity contribution is -0.384. The minimum absolute atomic E-state index is 0.0109. The third kappa shape index (κ3) is 3.87. The number of carbonyl (C=O) groups is 2. The first-order valence-corrected chi connectivity index (χ1v) is 8.62. The van der Waals surface area contributed by atoms with Gasteiger partial charge in [0.1, 0.15) is 6.04 Å². The second-order valence-corrected chi connectivity index (χ2v) is 6.13. The van der Waals surface area contributed by atoms with Gasteiger partial charge in [-0.2, -0.15) is 0 Å². The van der Waals surface area contributed by atoms with Gasteiger partial charge in [0.25, 0.3) is 11.6 Å². The number of rotatable bonds is 5. The highest BCUT2D eigenvalue weighted by molar-refractivity contribution is 6.09. The van der Waals surface area contributed by atoms with Crippen molar-refractivity contribution >= 4 is 29.3 Å². The van der Waals surface area contributed by atoms with E-state index in [0.717, 1.165) is 11.3 Å². The summed E-state index contributed by atoms with van der Waals surface area (Å²) in [5, 5.41) is 13.5. The van der Waals surface area contributed by atoms with Crippen LogP contribution in [-0.2, 0) is 16.0 Å². The summed E-state index contributed by atoms with van der Waals surface area (Å²) in [6.45, 7) is 2.33. The smallest absolute Gasteiger partial charge is 0.269 e. The van der Waals surface area contributed by atoms with Crippen molar-refractivity contribution in [3.63, 3.8) is 0 Å². The van der Waals surface area contributed by atoms with Crippen LogP contribution in [0.1, 0.15) is 18.1 Å². The Kier molecular flexibility index (Phi) is 5.30. The topological polar surface area (TPSA) is 92.6 Å². The zero-order valence-electron chi connectivity index (χ0n) is 14.8. The highest BCUT2D eigenvalue weighted by Crippen LogP contribution is 2.32. The van der Waals surface area contributed by atoms with Crippen molar-refractivity contribution < 1.29 is 14.5 Å². The molecule has 1 aliphatic rings. The van der Waals surface area contributed by atoms with Gasteiger partial charge in [-0.05, 0) is 42.3 Å². The van der Waals surface area contributed by atoms with Crippen LogP contribution in [-0.4, -0.2) is 29.3 Å². The number of nitro groups is 1. The maximum absolute atomic E-state index is 12.8. The average molecular weight is 365 g/mol. The summed E-state index contributed by atoms with van der Waals surface area (Å²) >= 11 is 0. The van der Waals surface area contributed by atoms with Gasteiger partial charge in [-0.3, -0.25) is 24.6 Å². The number of non-ortho nitro benzene ring substituents is 1. The van der Waals surface area contributed by atoms with Crippen LogP contribution in [0.4, 0.5) is 11.4 Å². The third-order valence-corrected chi connectivity index (χ3v) is 4.39. The van der Waals surface area contributed by atoms with Crippen molar-refractivity contribution in [1.29, 1.82) is 0 Å². The lowest BCUT2D eigenvalue weighted by atomic mass is 10.1. The van der Waals surface area contributed by atoms with E-state index in [1.54, 1.807) is 18.2 Å². The number of benzene rings is 2. The molecular formula is C20H19N3O4. The van der Waals surface area contributed by atoms with E-state index in [2.05, 4.69) is 5.32 Å². The van der Waals surface area contributed by atoms with Gasteiger partial charge < -0.3 is 5.32 Å². The molecule has 0 fully saturated rings. The van der Waals surface area contributed by atoms with E-state index in [9.17, 15) is 19.7 Å².